The zero-order valence-electron chi connectivity index (χ0n) is 10.6. The van der Waals surface area contributed by atoms with E-state index in [1.54, 1.807) is 0 Å². The first-order valence-corrected chi connectivity index (χ1v) is 6.33. The summed E-state index contributed by atoms with van der Waals surface area (Å²) in [5, 5.41) is 13.5. The highest BCUT2D eigenvalue weighted by atomic mass is 16.6. The van der Waals surface area contributed by atoms with Gasteiger partial charge in [0.25, 0.3) is 11.6 Å². The summed E-state index contributed by atoms with van der Waals surface area (Å²) in [5.41, 5.74) is 5.85. The molecule has 1 amide bonds. The number of nitrogens with two attached hydrogens (primary N) is 1. The van der Waals surface area contributed by atoms with Crippen molar-refractivity contribution in [3.63, 3.8) is 0 Å². The Kier molecular flexibility index (Phi) is 3.80. The predicted octanol–water partition coefficient (Wildman–Crippen LogP) is 1.60. The molecule has 1 fully saturated rings. The molecule has 102 valence electrons. The molecule has 0 bridgehead atoms. The number of nitrogens with one attached hydrogen (secondary N) is 1. The van der Waals surface area contributed by atoms with Gasteiger partial charge in [0.05, 0.1) is 10.5 Å². The van der Waals surface area contributed by atoms with Crippen molar-refractivity contribution >= 4 is 11.6 Å². The van der Waals surface area contributed by atoms with E-state index in [4.69, 9.17) is 5.73 Å². The normalized spacial score (nSPS) is 17.1. The summed E-state index contributed by atoms with van der Waals surface area (Å²) >= 11 is 0. The molecule has 19 heavy (non-hydrogen) atoms. The summed E-state index contributed by atoms with van der Waals surface area (Å²) in [5.74, 6) is -0.220. The third-order valence-corrected chi connectivity index (χ3v) is 3.67. The van der Waals surface area contributed by atoms with Crippen molar-refractivity contribution in [1.29, 1.82) is 0 Å². The van der Waals surface area contributed by atoms with Gasteiger partial charge >= 0.3 is 0 Å². The molecule has 1 aliphatic rings. The summed E-state index contributed by atoms with van der Waals surface area (Å²) in [6, 6.07) is 5.59. The van der Waals surface area contributed by atoms with Crippen LogP contribution in [0.15, 0.2) is 24.3 Å². The lowest BCUT2D eigenvalue weighted by molar-refractivity contribution is -0.384. The monoisotopic (exact) mass is 263 g/mol. The second-order valence-corrected chi connectivity index (χ2v) is 4.95. The molecule has 1 aliphatic carbocycles. The van der Waals surface area contributed by atoms with Gasteiger partial charge in [-0.2, -0.15) is 0 Å². The molecule has 0 aliphatic heterocycles. The number of rotatable bonds is 4. The average molecular weight is 263 g/mol. The maximum atomic E-state index is 12.1. The standard InChI is InChI=1S/C13H17N3O3/c14-9-13(7-1-2-8-13)15-12(17)10-3-5-11(6-4-10)16(18)19/h3-6H,1-2,7-9,14H2,(H,15,17). The van der Waals surface area contributed by atoms with Crippen LogP contribution in [0.2, 0.25) is 0 Å². The first-order valence-electron chi connectivity index (χ1n) is 6.33. The molecule has 2 rings (SSSR count). The molecule has 1 saturated carbocycles. The lowest BCUT2D eigenvalue weighted by atomic mass is 9.97. The van der Waals surface area contributed by atoms with Gasteiger partial charge in [-0.15, -0.1) is 0 Å². The van der Waals surface area contributed by atoms with E-state index in [1.807, 2.05) is 0 Å². The number of carbonyl (C=O) groups excluding carboxylic acids is 1. The van der Waals surface area contributed by atoms with Gasteiger partial charge < -0.3 is 11.1 Å². The van der Waals surface area contributed by atoms with E-state index in [9.17, 15) is 14.9 Å². The molecule has 0 radical (unpaired) electrons. The Morgan fingerprint density at radius 3 is 2.37 bits per heavy atom. The van der Waals surface area contributed by atoms with Gasteiger partial charge in [-0.25, -0.2) is 0 Å². The third kappa shape index (κ3) is 2.90. The lowest BCUT2D eigenvalue weighted by Gasteiger charge is -2.28. The van der Waals surface area contributed by atoms with E-state index >= 15 is 0 Å². The molecule has 0 saturated heterocycles. The van der Waals surface area contributed by atoms with Crippen molar-refractivity contribution in [2.45, 2.75) is 31.2 Å². The quantitative estimate of drug-likeness (QED) is 0.636. The molecule has 1 aromatic carbocycles. The largest absolute Gasteiger partial charge is 0.345 e. The topological polar surface area (TPSA) is 98.3 Å². The summed E-state index contributed by atoms with van der Waals surface area (Å²) < 4.78 is 0. The summed E-state index contributed by atoms with van der Waals surface area (Å²) in [6.45, 7) is 0.422. The molecule has 1 aromatic rings. The third-order valence-electron chi connectivity index (χ3n) is 3.67. The fraction of sp³-hybridized carbons (Fsp3) is 0.462. The number of amides is 1. The van der Waals surface area contributed by atoms with Crippen molar-refractivity contribution in [3.05, 3.63) is 39.9 Å². The van der Waals surface area contributed by atoms with Gasteiger partial charge in [0.15, 0.2) is 0 Å². The van der Waals surface area contributed by atoms with Crippen LogP contribution >= 0.6 is 0 Å². The van der Waals surface area contributed by atoms with Gasteiger partial charge in [-0.1, -0.05) is 12.8 Å². The molecule has 0 spiro atoms. The SMILES string of the molecule is NCC1(NC(=O)c2ccc([N+](=O)[O-])cc2)CCCC1. The highest BCUT2D eigenvalue weighted by molar-refractivity contribution is 5.94. The summed E-state index contributed by atoms with van der Waals surface area (Å²) in [4.78, 5) is 22.2. The average Bonchev–Trinajstić information content (AvgIpc) is 2.88. The van der Waals surface area contributed by atoms with Gasteiger partial charge in [0, 0.05) is 24.2 Å². The van der Waals surface area contributed by atoms with Crippen LogP contribution in [0.3, 0.4) is 0 Å². The Labute approximate surface area is 111 Å². The van der Waals surface area contributed by atoms with Gasteiger partial charge in [-0.3, -0.25) is 14.9 Å². The Balaban J connectivity index is 2.09. The zero-order chi connectivity index (χ0) is 13.9. The van der Waals surface area contributed by atoms with Crippen LogP contribution in [0.25, 0.3) is 0 Å². The molecule has 0 aromatic heterocycles. The first-order chi connectivity index (χ1) is 9.06. The molecule has 0 atom stereocenters. The predicted molar refractivity (Wildman–Crippen MR) is 70.8 cm³/mol. The maximum absolute atomic E-state index is 12.1. The van der Waals surface area contributed by atoms with E-state index in [0.29, 0.717) is 12.1 Å². The Morgan fingerprint density at radius 1 is 1.32 bits per heavy atom. The van der Waals surface area contributed by atoms with Crippen molar-refractivity contribution in [2.75, 3.05) is 6.54 Å². The molecule has 0 heterocycles. The maximum Gasteiger partial charge on any atom is 0.269 e. The smallest absolute Gasteiger partial charge is 0.269 e. The van der Waals surface area contributed by atoms with Crippen LogP contribution in [-0.2, 0) is 0 Å². The summed E-state index contributed by atoms with van der Waals surface area (Å²) in [6.07, 6.45) is 3.92. The van der Waals surface area contributed by atoms with Crippen LogP contribution < -0.4 is 11.1 Å². The molecule has 6 heteroatoms. The molecular formula is C13H17N3O3. The van der Waals surface area contributed by atoms with Gasteiger partial charge in [0.2, 0.25) is 0 Å². The van der Waals surface area contributed by atoms with Crippen molar-refractivity contribution in [2.24, 2.45) is 5.73 Å². The number of non-ortho nitro benzene ring substituents is 1. The number of hydrogen-bond acceptors (Lipinski definition) is 4. The fourth-order valence-electron chi connectivity index (χ4n) is 2.48. The number of nitrogens with zero attached hydrogens (tertiary/aromatic N) is 1. The molecular weight excluding hydrogens is 246 g/mol. The number of carbonyl (C=O) groups is 1. The minimum absolute atomic E-state index is 0.0223. The minimum atomic E-state index is -0.486. The van der Waals surface area contributed by atoms with Crippen molar-refractivity contribution in [3.8, 4) is 0 Å². The van der Waals surface area contributed by atoms with Gasteiger partial charge in [-0.05, 0) is 25.0 Å². The van der Waals surface area contributed by atoms with E-state index in [0.717, 1.165) is 25.7 Å². The number of hydrogen-bond donors (Lipinski definition) is 2. The molecule has 3 N–H and O–H groups in total. The minimum Gasteiger partial charge on any atom is -0.345 e. The van der Waals surface area contributed by atoms with E-state index in [2.05, 4.69) is 5.32 Å². The molecule has 6 nitrogen and oxygen atoms in total. The van der Waals surface area contributed by atoms with Crippen LogP contribution in [0.5, 0.6) is 0 Å². The lowest BCUT2D eigenvalue weighted by Crippen LogP contribution is -2.51. The number of benzene rings is 1. The van der Waals surface area contributed by atoms with E-state index < -0.39 is 4.92 Å². The van der Waals surface area contributed by atoms with Crippen LogP contribution in [0.4, 0.5) is 5.69 Å². The number of nitro groups is 1. The Bertz CT molecular complexity index is 478. The zero-order valence-corrected chi connectivity index (χ0v) is 10.6. The fourth-order valence-corrected chi connectivity index (χ4v) is 2.48. The first kappa shape index (κ1) is 13.5. The van der Waals surface area contributed by atoms with Crippen LogP contribution in [-0.4, -0.2) is 22.9 Å². The highest BCUT2D eigenvalue weighted by Gasteiger charge is 2.34. The Morgan fingerprint density at radius 2 is 1.89 bits per heavy atom. The van der Waals surface area contributed by atoms with E-state index in [-0.39, 0.29) is 17.1 Å². The van der Waals surface area contributed by atoms with Crippen LogP contribution in [0.1, 0.15) is 36.0 Å². The second kappa shape index (κ2) is 5.36. The van der Waals surface area contributed by atoms with Crippen molar-refractivity contribution in [1.82, 2.24) is 5.32 Å². The van der Waals surface area contributed by atoms with Crippen LogP contribution in [0, 0.1) is 10.1 Å². The Hall–Kier alpha value is -1.95. The van der Waals surface area contributed by atoms with Crippen molar-refractivity contribution < 1.29 is 9.72 Å². The molecule has 0 unspecified atom stereocenters. The second-order valence-electron chi connectivity index (χ2n) is 4.95. The number of nitro benzene ring substituents is 1. The summed E-state index contributed by atoms with van der Waals surface area (Å²) in [7, 11) is 0. The van der Waals surface area contributed by atoms with Gasteiger partial charge in [0.1, 0.15) is 0 Å². The highest BCUT2D eigenvalue weighted by Crippen LogP contribution is 2.29. The van der Waals surface area contributed by atoms with E-state index in [1.165, 1.54) is 24.3 Å².